The summed E-state index contributed by atoms with van der Waals surface area (Å²) < 4.78 is 0. The summed E-state index contributed by atoms with van der Waals surface area (Å²) >= 11 is 0. The lowest BCUT2D eigenvalue weighted by Gasteiger charge is -2.23. The lowest BCUT2D eigenvalue weighted by Crippen LogP contribution is -2.38. The van der Waals surface area contributed by atoms with Gasteiger partial charge in [-0.05, 0) is 62.9 Å². The Morgan fingerprint density at radius 3 is 2.56 bits per heavy atom. The van der Waals surface area contributed by atoms with Crippen molar-refractivity contribution < 1.29 is 9.59 Å². The lowest BCUT2D eigenvalue weighted by atomic mass is 9.99. The quantitative estimate of drug-likeness (QED) is 0.761. The molecule has 5 nitrogen and oxygen atoms in total. The van der Waals surface area contributed by atoms with E-state index in [2.05, 4.69) is 24.5 Å². The van der Waals surface area contributed by atoms with Crippen LogP contribution in [-0.4, -0.2) is 49.4 Å². The van der Waals surface area contributed by atoms with Gasteiger partial charge in [0.1, 0.15) is 0 Å². The molecule has 5 heteroatoms. The Labute approximate surface area is 151 Å². The average molecular weight is 345 g/mol. The van der Waals surface area contributed by atoms with Gasteiger partial charge in [-0.1, -0.05) is 19.9 Å². The molecular formula is C20H31N3O2. The van der Waals surface area contributed by atoms with Crippen LogP contribution in [0.25, 0.3) is 0 Å². The van der Waals surface area contributed by atoms with Gasteiger partial charge in [0.2, 0.25) is 0 Å². The van der Waals surface area contributed by atoms with E-state index in [-0.39, 0.29) is 11.8 Å². The van der Waals surface area contributed by atoms with Gasteiger partial charge < -0.3 is 15.5 Å². The van der Waals surface area contributed by atoms with Crippen LogP contribution in [0.15, 0.2) is 24.3 Å². The van der Waals surface area contributed by atoms with Gasteiger partial charge in [0.15, 0.2) is 0 Å². The number of rotatable bonds is 8. The molecule has 1 fully saturated rings. The maximum atomic E-state index is 12.7. The molecule has 0 aliphatic carbocycles. The summed E-state index contributed by atoms with van der Waals surface area (Å²) in [6, 6.07) is 7.08. The third kappa shape index (κ3) is 5.85. The van der Waals surface area contributed by atoms with Crippen LogP contribution in [0.5, 0.6) is 0 Å². The van der Waals surface area contributed by atoms with E-state index in [0.717, 1.165) is 51.9 Å². The van der Waals surface area contributed by atoms with E-state index in [9.17, 15) is 9.59 Å². The van der Waals surface area contributed by atoms with Crippen LogP contribution in [0.1, 0.15) is 60.2 Å². The minimum Gasteiger partial charge on any atom is -0.352 e. The lowest BCUT2D eigenvalue weighted by molar-refractivity contribution is 0.0755. The monoisotopic (exact) mass is 345 g/mol. The number of piperidine rings is 1. The van der Waals surface area contributed by atoms with Crippen molar-refractivity contribution in [3.05, 3.63) is 35.4 Å². The van der Waals surface area contributed by atoms with Crippen LogP contribution >= 0.6 is 0 Å². The van der Waals surface area contributed by atoms with E-state index in [4.69, 9.17) is 0 Å². The predicted molar refractivity (Wildman–Crippen MR) is 101 cm³/mol. The first-order valence-electron chi connectivity index (χ1n) is 9.54. The molecule has 1 aromatic carbocycles. The fraction of sp³-hybridized carbons (Fsp3) is 0.600. The first-order valence-corrected chi connectivity index (χ1v) is 9.54. The summed E-state index contributed by atoms with van der Waals surface area (Å²) in [5.41, 5.74) is 1.15. The zero-order chi connectivity index (χ0) is 18.1. The van der Waals surface area contributed by atoms with Crippen LogP contribution in [-0.2, 0) is 0 Å². The van der Waals surface area contributed by atoms with Gasteiger partial charge in [0.05, 0.1) is 0 Å². The molecule has 2 amide bonds. The van der Waals surface area contributed by atoms with Crippen molar-refractivity contribution in [2.45, 2.75) is 39.5 Å². The smallest absolute Gasteiger partial charge is 0.253 e. The third-order valence-electron chi connectivity index (χ3n) is 4.60. The largest absolute Gasteiger partial charge is 0.352 e. The number of hydrogen-bond acceptors (Lipinski definition) is 3. The molecule has 1 aliphatic rings. The Morgan fingerprint density at radius 1 is 1.20 bits per heavy atom. The first kappa shape index (κ1) is 19.4. The number of nitrogens with one attached hydrogen (secondary N) is 2. The molecule has 1 unspecified atom stereocenters. The summed E-state index contributed by atoms with van der Waals surface area (Å²) in [5.74, 6) is 0.403. The number of nitrogens with zero attached hydrogens (tertiary/aromatic N) is 1. The first-order chi connectivity index (χ1) is 12.2. The van der Waals surface area contributed by atoms with Crippen LogP contribution in [0, 0.1) is 5.92 Å². The molecule has 0 saturated carbocycles. The molecule has 2 N–H and O–H groups in total. The Morgan fingerprint density at radius 2 is 1.92 bits per heavy atom. The highest BCUT2D eigenvalue weighted by Crippen LogP contribution is 2.12. The normalized spacial score (nSPS) is 17.1. The van der Waals surface area contributed by atoms with Gasteiger partial charge in [0.25, 0.3) is 11.8 Å². The average Bonchev–Trinajstić information content (AvgIpc) is 2.66. The highest BCUT2D eigenvalue weighted by molar-refractivity contribution is 5.99. The van der Waals surface area contributed by atoms with E-state index in [1.54, 1.807) is 24.3 Å². The van der Waals surface area contributed by atoms with Gasteiger partial charge >= 0.3 is 0 Å². The van der Waals surface area contributed by atoms with Gasteiger partial charge in [0, 0.05) is 30.8 Å². The molecule has 1 heterocycles. The maximum absolute atomic E-state index is 12.7. The van der Waals surface area contributed by atoms with Crippen LogP contribution < -0.4 is 10.6 Å². The highest BCUT2D eigenvalue weighted by Gasteiger charge is 2.17. The van der Waals surface area contributed by atoms with Crippen molar-refractivity contribution in [3.8, 4) is 0 Å². The summed E-state index contributed by atoms with van der Waals surface area (Å²) in [5, 5.41) is 6.37. The van der Waals surface area contributed by atoms with Crippen molar-refractivity contribution in [1.82, 2.24) is 15.5 Å². The van der Waals surface area contributed by atoms with Gasteiger partial charge in [-0.3, -0.25) is 9.59 Å². The molecule has 2 rings (SSSR count). The Kier molecular flexibility index (Phi) is 7.92. The molecule has 1 atom stereocenters. The number of carbonyl (C=O) groups excluding carboxylic acids is 2. The van der Waals surface area contributed by atoms with E-state index in [1.165, 1.54) is 0 Å². The molecule has 0 radical (unpaired) electrons. The maximum Gasteiger partial charge on any atom is 0.253 e. The Bertz CT molecular complexity index is 562. The van der Waals surface area contributed by atoms with E-state index in [1.807, 2.05) is 4.90 Å². The van der Waals surface area contributed by atoms with Gasteiger partial charge in [-0.2, -0.15) is 0 Å². The van der Waals surface area contributed by atoms with E-state index >= 15 is 0 Å². The van der Waals surface area contributed by atoms with Crippen molar-refractivity contribution in [2.75, 3.05) is 32.7 Å². The van der Waals surface area contributed by atoms with Gasteiger partial charge in [-0.15, -0.1) is 0 Å². The second-order valence-electron chi connectivity index (χ2n) is 6.80. The van der Waals surface area contributed by atoms with Crippen LogP contribution in [0.4, 0.5) is 0 Å². The molecule has 0 bridgehead atoms. The Hall–Kier alpha value is -1.88. The fourth-order valence-electron chi connectivity index (χ4n) is 3.27. The zero-order valence-corrected chi connectivity index (χ0v) is 15.5. The minimum atomic E-state index is -0.0993. The summed E-state index contributed by atoms with van der Waals surface area (Å²) in [6.07, 6.45) is 4.17. The number of benzene rings is 1. The Balaban J connectivity index is 1.98. The summed E-state index contributed by atoms with van der Waals surface area (Å²) in [6.45, 7) is 8.35. The molecule has 1 saturated heterocycles. The number of carbonyl (C=O) groups is 2. The molecule has 138 valence electrons. The van der Waals surface area contributed by atoms with Crippen LogP contribution in [0.2, 0.25) is 0 Å². The number of amides is 2. The van der Waals surface area contributed by atoms with Crippen LogP contribution in [0.3, 0.4) is 0 Å². The predicted octanol–water partition coefficient (Wildman–Crippen LogP) is 2.68. The highest BCUT2D eigenvalue weighted by atomic mass is 16.2. The molecule has 0 aromatic heterocycles. The van der Waals surface area contributed by atoms with Crippen molar-refractivity contribution >= 4 is 11.8 Å². The topological polar surface area (TPSA) is 61.4 Å². The third-order valence-corrected chi connectivity index (χ3v) is 4.60. The zero-order valence-electron chi connectivity index (χ0n) is 15.5. The molecule has 1 aromatic rings. The fourth-order valence-corrected chi connectivity index (χ4v) is 3.27. The molecule has 25 heavy (non-hydrogen) atoms. The SMILES string of the molecule is CCCN(CCC)C(=O)c1cccc(C(=O)NCC2CCCNC2)c1. The van der Waals surface area contributed by atoms with Crippen molar-refractivity contribution in [2.24, 2.45) is 5.92 Å². The van der Waals surface area contributed by atoms with Crippen molar-refractivity contribution in [3.63, 3.8) is 0 Å². The van der Waals surface area contributed by atoms with Gasteiger partial charge in [-0.25, -0.2) is 0 Å². The standard InChI is InChI=1S/C20H31N3O2/c1-3-11-23(12-4-2)20(25)18-9-5-8-17(13-18)19(24)22-15-16-7-6-10-21-14-16/h5,8-9,13,16,21H,3-4,6-7,10-12,14-15H2,1-2H3,(H,22,24). The summed E-state index contributed by atoms with van der Waals surface area (Å²) in [4.78, 5) is 27.0. The molecular weight excluding hydrogens is 314 g/mol. The van der Waals surface area contributed by atoms with E-state index < -0.39 is 0 Å². The summed E-state index contributed by atoms with van der Waals surface area (Å²) in [7, 11) is 0. The molecule has 0 spiro atoms. The van der Waals surface area contributed by atoms with E-state index in [0.29, 0.717) is 23.6 Å². The second-order valence-corrected chi connectivity index (χ2v) is 6.80. The number of hydrogen-bond donors (Lipinski definition) is 2. The second kappa shape index (κ2) is 10.2. The minimum absolute atomic E-state index is 0.00910. The van der Waals surface area contributed by atoms with Crippen molar-refractivity contribution in [1.29, 1.82) is 0 Å². The molecule has 1 aliphatic heterocycles.